The normalized spacial score (nSPS) is 16.2. The van der Waals surface area contributed by atoms with E-state index in [-0.39, 0.29) is 18.2 Å². The van der Waals surface area contributed by atoms with Crippen LogP contribution in [-0.4, -0.2) is 48.6 Å². The van der Waals surface area contributed by atoms with Gasteiger partial charge in [0.15, 0.2) is 9.84 Å². The monoisotopic (exact) mass is 329 g/mol. The van der Waals surface area contributed by atoms with Crippen molar-refractivity contribution < 1.29 is 18.0 Å². The van der Waals surface area contributed by atoms with Crippen LogP contribution in [0.15, 0.2) is 24.3 Å². The number of fused-ring (bicyclic) bond motifs is 1. The van der Waals surface area contributed by atoms with Crippen LogP contribution >= 0.6 is 11.6 Å². The second-order valence-electron chi connectivity index (χ2n) is 4.91. The number of imide groups is 1. The lowest BCUT2D eigenvalue weighted by atomic mass is 10.1. The number of hydrogen-bond donors (Lipinski definition) is 0. The third-order valence-corrected chi connectivity index (χ3v) is 6.30. The van der Waals surface area contributed by atoms with Gasteiger partial charge in [0, 0.05) is 12.4 Å². The molecule has 1 heterocycles. The largest absolute Gasteiger partial charge is 0.273 e. The minimum atomic E-state index is -3.42. The van der Waals surface area contributed by atoms with E-state index < -0.39 is 26.9 Å². The maximum Gasteiger partial charge on any atom is 0.261 e. The third-order valence-electron chi connectivity index (χ3n) is 3.43. The predicted molar refractivity (Wildman–Crippen MR) is 80.4 cm³/mol. The summed E-state index contributed by atoms with van der Waals surface area (Å²) in [4.78, 5) is 25.4. The first-order valence-corrected chi connectivity index (χ1v) is 8.90. The van der Waals surface area contributed by atoms with Gasteiger partial charge in [0.2, 0.25) is 0 Å². The molecule has 0 bridgehead atoms. The van der Waals surface area contributed by atoms with Crippen LogP contribution in [-0.2, 0) is 9.84 Å². The molecule has 0 saturated carbocycles. The molecule has 0 fully saturated rings. The summed E-state index contributed by atoms with van der Waals surface area (Å²) < 4.78 is 24.2. The van der Waals surface area contributed by atoms with Gasteiger partial charge in [-0.05, 0) is 18.6 Å². The maximum atomic E-state index is 12.2. The van der Waals surface area contributed by atoms with Gasteiger partial charge in [-0.1, -0.05) is 19.1 Å². The molecule has 1 aliphatic rings. The van der Waals surface area contributed by atoms with Gasteiger partial charge < -0.3 is 0 Å². The Morgan fingerprint density at radius 2 is 1.67 bits per heavy atom. The lowest BCUT2D eigenvalue weighted by molar-refractivity contribution is 0.0656. The summed E-state index contributed by atoms with van der Waals surface area (Å²) >= 11 is 5.74. The van der Waals surface area contributed by atoms with Crippen molar-refractivity contribution in [2.75, 3.05) is 18.2 Å². The average molecular weight is 330 g/mol. The van der Waals surface area contributed by atoms with Gasteiger partial charge in [-0.3, -0.25) is 14.5 Å². The Morgan fingerprint density at radius 3 is 2.10 bits per heavy atom. The smallest absolute Gasteiger partial charge is 0.261 e. The van der Waals surface area contributed by atoms with Crippen molar-refractivity contribution in [1.82, 2.24) is 4.90 Å². The van der Waals surface area contributed by atoms with E-state index in [2.05, 4.69) is 0 Å². The zero-order chi connectivity index (χ0) is 15.6. The lowest BCUT2D eigenvalue weighted by Crippen LogP contribution is -2.42. The molecule has 7 heteroatoms. The van der Waals surface area contributed by atoms with E-state index in [1.807, 2.05) is 0 Å². The Labute approximate surface area is 128 Å². The standard InChI is InChI=1S/C14H16ClNO4S/c1-2-7-21(19,20)10(8-15)9-16-13(17)11-5-3-4-6-12(11)14(16)18/h3-6,10H,2,7-9H2,1H3/t10-/m0/s1. The van der Waals surface area contributed by atoms with Crippen molar-refractivity contribution in [3.63, 3.8) is 0 Å². The van der Waals surface area contributed by atoms with Gasteiger partial charge >= 0.3 is 0 Å². The van der Waals surface area contributed by atoms with E-state index in [4.69, 9.17) is 11.6 Å². The fourth-order valence-electron chi connectivity index (χ4n) is 2.32. The first kappa shape index (κ1) is 16.0. The minimum absolute atomic E-state index is 0.00639. The Balaban J connectivity index is 2.25. The molecule has 1 atom stereocenters. The van der Waals surface area contributed by atoms with E-state index in [0.29, 0.717) is 17.5 Å². The average Bonchev–Trinajstić information content (AvgIpc) is 2.69. The van der Waals surface area contributed by atoms with Crippen molar-refractivity contribution in [2.24, 2.45) is 0 Å². The maximum absolute atomic E-state index is 12.2. The minimum Gasteiger partial charge on any atom is -0.273 e. The molecule has 5 nitrogen and oxygen atoms in total. The molecular formula is C14H16ClNO4S. The van der Waals surface area contributed by atoms with Gasteiger partial charge in [-0.2, -0.15) is 0 Å². The first-order chi connectivity index (χ1) is 9.92. The molecule has 0 unspecified atom stereocenters. The summed E-state index contributed by atoms with van der Waals surface area (Å²) in [6.07, 6.45) is 0.470. The molecule has 0 radical (unpaired) electrons. The summed E-state index contributed by atoms with van der Waals surface area (Å²) in [6, 6.07) is 6.46. The second kappa shape index (κ2) is 6.15. The molecule has 2 amide bonds. The van der Waals surface area contributed by atoms with Crippen molar-refractivity contribution in [2.45, 2.75) is 18.6 Å². The molecule has 21 heavy (non-hydrogen) atoms. The van der Waals surface area contributed by atoms with E-state index in [1.165, 1.54) is 0 Å². The van der Waals surface area contributed by atoms with E-state index in [9.17, 15) is 18.0 Å². The van der Waals surface area contributed by atoms with Gasteiger partial charge in [-0.15, -0.1) is 11.6 Å². The fraction of sp³-hybridized carbons (Fsp3) is 0.429. The van der Waals surface area contributed by atoms with Gasteiger partial charge in [0.05, 0.1) is 22.1 Å². The second-order valence-corrected chi connectivity index (χ2v) is 7.62. The van der Waals surface area contributed by atoms with Crippen LogP contribution < -0.4 is 0 Å². The summed E-state index contributed by atoms with van der Waals surface area (Å²) in [5.41, 5.74) is 0.618. The Morgan fingerprint density at radius 1 is 1.14 bits per heavy atom. The number of halogens is 1. The molecule has 1 aromatic rings. The number of carbonyl (C=O) groups excluding carboxylic acids is 2. The first-order valence-electron chi connectivity index (χ1n) is 6.65. The van der Waals surface area contributed by atoms with Crippen LogP contribution in [0.25, 0.3) is 0 Å². The molecule has 0 saturated heterocycles. The summed E-state index contributed by atoms with van der Waals surface area (Å²) in [6.45, 7) is 1.56. The van der Waals surface area contributed by atoms with Gasteiger partial charge in [0.1, 0.15) is 0 Å². The zero-order valence-corrected chi connectivity index (χ0v) is 13.2. The number of nitrogens with zero attached hydrogens (tertiary/aromatic N) is 1. The molecule has 114 valence electrons. The van der Waals surface area contributed by atoms with Crippen LogP contribution in [0.1, 0.15) is 34.1 Å². The van der Waals surface area contributed by atoms with Crippen molar-refractivity contribution >= 4 is 33.3 Å². The van der Waals surface area contributed by atoms with Crippen LogP contribution in [0, 0.1) is 0 Å². The SMILES string of the molecule is CCCS(=O)(=O)[C@@H](CCl)CN1C(=O)c2ccccc2C1=O. The molecular weight excluding hydrogens is 314 g/mol. The van der Waals surface area contributed by atoms with Crippen LogP contribution in [0.5, 0.6) is 0 Å². The summed E-state index contributed by atoms with van der Waals surface area (Å²) in [5, 5.41) is -0.929. The number of rotatable bonds is 6. The molecule has 1 aromatic carbocycles. The van der Waals surface area contributed by atoms with Crippen LogP contribution in [0.4, 0.5) is 0 Å². The molecule has 0 N–H and O–H groups in total. The van der Waals surface area contributed by atoms with Crippen molar-refractivity contribution in [1.29, 1.82) is 0 Å². The number of carbonyl (C=O) groups is 2. The predicted octanol–water partition coefficient (Wildman–Crippen LogP) is 1.71. The number of hydrogen-bond acceptors (Lipinski definition) is 4. The van der Waals surface area contributed by atoms with Crippen molar-refractivity contribution in [3.8, 4) is 0 Å². The van der Waals surface area contributed by atoms with E-state index in [1.54, 1.807) is 31.2 Å². The molecule has 1 aliphatic heterocycles. The van der Waals surface area contributed by atoms with E-state index >= 15 is 0 Å². The Hall–Kier alpha value is -1.40. The van der Waals surface area contributed by atoms with E-state index in [0.717, 1.165) is 4.90 Å². The van der Waals surface area contributed by atoms with Crippen LogP contribution in [0.3, 0.4) is 0 Å². The molecule has 2 rings (SSSR count). The number of benzene rings is 1. The van der Waals surface area contributed by atoms with Crippen molar-refractivity contribution in [3.05, 3.63) is 35.4 Å². The lowest BCUT2D eigenvalue weighted by Gasteiger charge is -2.20. The van der Waals surface area contributed by atoms with Gasteiger partial charge in [-0.25, -0.2) is 8.42 Å². The van der Waals surface area contributed by atoms with Gasteiger partial charge in [0.25, 0.3) is 11.8 Å². The number of amides is 2. The fourth-order valence-corrected chi connectivity index (χ4v) is 4.46. The number of sulfone groups is 1. The molecule has 0 spiro atoms. The summed E-state index contributed by atoms with van der Waals surface area (Å²) in [5.74, 6) is -1.07. The topological polar surface area (TPSA) is 71.5 Å². The third kappa shape index (κ3) is 2.96. The zero-order valence-electron chi connectivity index (χ0n) is 11.6. The molecule has 0 aromatic heterocycles. The molecule has 0 aliphatic carbocycles. The van der Waals surface area contributed by atoms with Crippen LogP contribution in [0.2, 0.25) is 0 Å². The summed E-state index contributed by atoms with van der Waals surface area (Å²) in [7, 11) is -3.42. The Kier molecular flexibility index (Phi) is 4.68. The highest BCUT2D eigenvalue weighted by atomic mass is 35.5. The number of alkyl halides is 1. The Bertz CT molecular complexity index is 636. The highest BCUT2D eigenvalue weighted by Crippen LogP contribution is 2.23. The highest BCUT2D eigenvalue weighted by molar-refractivity contribution is 7.92. The quantitative estimate of drug-likeness (QED) is 0.588. The highest BCUT2D eigenvalue weighted by Gasteiger charge is 2.38.